The number of hydrogen-bond acceptors (Lipinski definition) is 3. The first-order valence-corrected chi connectivity index (χ1v) is 3.04. The molecule has 0 radical (unpaired) electrons. The number of aromatic nitrogens is 3. The topological polar surface area (TPSA) is 56.7 Å². The summed E-state index contributed by atoms with van der Waals surface area (Å²) in [5.41, 5.74) is 5.24. The second kappa shape index (κ2) is 2.70. The summed E-state index contributed by atoms with van der Waals surface area (Å²) in [5, 5.41) is 4.29. The summed E-state index contributed by atoms with van der Waals surface area (Å²) in [5.74, 6) is 0.248. The van der Waals surface area contributed by atoms with Gasteiger partial charge in [0.2, 0.25) is 5.95 Å². The molecule has 0 aliphatic carbocycles. The Balaban J connectivity index is 2.67. The first-order valence-electron chi connectivity index (χ1n) is 2.66. The van der Waals surface area contributed by atoms with E-state index in [1.54, 1.807) is 0 Å². The predicted octanol–water partition coefficient (Wildman–Crippen LogP) is 0.613. The maximum absolute atomic E-state index is 5.50. The fourth-order valence-corrected chi connectivity index (χ4v) is 0.683. The lowest BCUT2D eigenvalue weighted by Crippen LogP contribution is -1.98. The molecule has 0 amide bonds. The van der Waals surface area contributed by atoms with Gasteiger partial charge in [0, 0.05) is 5.03 Å². The summed E-state index contributed by atoms with van der Waals surface area (Å²) < 4.78 is 1.52. The van der Waals surface area contributed by atoms with Gasteiger partial charge in [0.1, 0.15) is 6.33 Å². The molecule has 0 unspecified atom stereocenters. The van der Waals surface area contributed by atoms with Crippen LogP contribution in [0, 0.1) is 0 Å². The zero-order chi connectivity index (χ0) is 7.56. The Morgan fingerprint density at radius 2 is 2.60 bits per heavy atom. The van der Waals surface area contributed by atoms with Gasteiger partial charge >= 0.3 is 0 Å². The molecule has 1 rings (SSSR count). The quantitative estimate of drug-likeness (QED) is 0.686. The maximum Gasteiger partial charge on any atom is 0.239 e. The number of rotatable bonds is 2. The Morgan fingerprint density at radius 3 is 3.00 bits per heavy atom. The molecule has 54 valence electrons. The predicted molar refractivity (Wildman–Crippen MR) is 39.4 cm³/mol. The Bertz CT molecular complexity index is 242. The molecule has 0 saturated carbocycles. The molecule has 0 fully saturated rings. The van der Waals surface area contributed by atoms with Crippen molar-refractivity contribution >= 4 is 17.5 Å². The van der Waals surface area contributed by atoms with Crippen LogP contribution in [0.15, 0.2) is 17.9 Å². The van der Waals surface area contributed by atoms with Gasteiger partial charge < -0.3 is 5.73 Å². The molecule has 5 heteroatoms. The Labute approximate surface area is 63.3 Å². The molecule has 0 spiro atoms. The van der Waals surface area contributed by atoms with E-state index >= 15 is 0 Å². The van der Waals surface area contributed by atoms with Gasteiger partial charge in [-0.15, -0.1) is 5.10 Å². The maximum atomic E-state index is 5.50. The van der Waals surface area contributed by atoms with Crippen LogP contribution in [-0.4, -0.2) is 14.8 Å². The third-order valence-electron chi connectivity index (χ3n) is 0.888. The lowest BCUT2D eigenvalue weighted by atomic mass is 10.6. The van der Waals surface area contributed by atoms with Gasteiger partial charge in [-0.25, -0.2) is 9.67 Å². The van der Waals surface area contributed by atoms with Gasteiger partial charge in [-0.3, -0.25) is 0 Å². The van der Waals surface area contributed by atoms with Crippen LogP contribution in [-0.2, 0) is 6.54 Å². The third-order valence-corrected chi connectivity index (χ3v) is 1.01. The summed E-state index contributed by atoms with van der Waals surface area (Å²) in [4.78, 5) is 3.70. The van der Waals surface area contributed by atoms with E-state index < -0.39 is 0 Å². The monoisotopic (exact) mass is 158 g/mol. The highest BCUT2D eigenvalue weighted by molar-refractivity contribution is 6.29. The SMILES string of the molecule is C=C(Cl)Cn1cnc(N)n1. The fourth-order valence-electron chi connectivity index (χ4n) is 0.561. The van der Waals surface area contributed by atoms with Gasteiger partial charge in [0.05, 0.1) is 6.54 Å². The van der Waals surface area contributed by atoms with Crippen molar-refractivity contribution in [2.24, 2.45) is 0 Å². The van der Waals surface area contributed by atoms with E-state index in [0.29, 0.717) is 11.6 Å². The molecule has 0 saturated heterocycles. The molecule has 0 aromatic carbocycles. The minimum absolute atomic E-state index is 0.248. The van der Waals surface area contributed by atoms with Crippen molar-refractivity contribution in [2.45, 2.75) is 6.54 Å². The summed E-state index contributed by atoms with van der Waals surface area (Å²) >= 11 is 5.50. The Kier molecular flexibility index (Phi) is 1.91. The molecule has 1 aromatic rings. The molecule has 1 aromatic heterocycles. The van der Waals surface area contributed by atoms with Crippen molar-refractivity contribution in [1.82, 2.24) is 14.8 Å². The van der Waals surface area contributed by atoms with Crippen molar-refractivity contribution in [3.8, 4) is 0 Å². The summed E-state index contributed by atoms with van der Waals surface area (Å²) in [7, 11) is 0. The highest BCUT2D eigenvalue weighted by Crippen LogP contribution is 2.00. The number of anilines is 1. The Hall–Kier alpha value is -1.03. The molecule has 0 atom stereocenters. The molecule has 1 heterocycles. The molecule has 0 aliphatic rings. The van der Waals surface area contributed by atoms with Crippen LogP contribution in [0.3, 0.4) is 0 Å². The Morgan fingerprint density at radius 1 is 1.90 bits per heavy atom. The summed E-state index contributed by atoms with van der Waals surface area (Å²) in [6, 6.07) is 0. The van der Waals surface area contributed by atoms with E-state index in [0.717, 1.165) is 0 Å². The minimum atomic E-state index is 0.248. The van der Waals surface area contributed by atoms with Crippen molar-refractivity contribution in [3.63, 3.8) is 0 Å². The zero-order valence-corrected chi connectivity index (χ0v) is 6.04. The molecule has 0 aliphatic heterocycles. The highest BCUT2D eigenvalue weighted by atomic mass is 35.5. The molecule has 4 nitrogen and oxygen atoms in total. The standard InChI is InChI=1S/C5H7ClN4/c1-4(6)2-10-3-8-5(7)9-10/h3H,1-2H2,(H2,7,9). The van der Waals surface area contributed by atoms with Gasteiger partial charge in [0.25, 0.3) is 0 Å². The van der Waals surface area contributed by atoms with Crippen LogP contribution >= 0.6 is 11.6 Å². The average Bonchev–Trinajstić information content (AvgIpc) is 2.13. The zero-order valence-electron chi connectivity index (χ0n) is 5.29. The number of nitrogens with two attached hydrogens (primary N) is 1. The molecule has 2 N–H and O–H groups in total. The number of halogens is 1. The lowest BCUT2D eigenvalue weighted by molar-refractivity contribution is 0.696. The second-order valence-corrected chi connectivity index (χ2v) is 2.35. The first kappa shape index (κ1) is 7.08. The van der Waals surface area contributed by atoms with Gasteiger partial charge in [-0.05, 0) is 0 Å². The van der Waals surface area contributed by atoms with Crippen molar-refractivity contribution < 1.29 is 0 Å². The molecular formula is C5H7ClN4. The smallest absolute Gasteiger partial charge is 0.239 e. The summed E-state index contributed by atoms with van der Waals surface area (Å²) in [6.45, 7) is 3.95. The lowest BCUT2D eigenvalue weighted by Gasteiger charge is -1.93. The number of hydrogen-bond donors (Lipinski definition) is 1. The van der Waals surface area contributed by atoms with Crippen molar-refractivity contribution in [1.29, 1.82) is 0 Å². The van der Waals surface area contributed by atoms with Crippen LogP contribution in [0.1, 0.15) is 0 Å². The van der Waals surface area contributed by atoms with Crippen LogP contribution in [0.5, 0.6) is 0 Å². The van der Waals surface area contributed by atoms with Crippen LogP contribution in [0.25, 0.3) is 0 Å². The molecule has 10 heavy (non-hydrogen) atoms. The van der Waals surface area contributed by atoms with Crippen LogP contribution < -0.4 is 5.73 Å². The second-order valence-electron chi connectivity index (χ2n) is 1.82. The highest BCUT2D eigenvalue weighted by Gasteiger charge is 1.94. The average molecular weight is 159 g/mol. The van der Waals surface area contributed by atoms with Crippen molar-refractivity contribution in [3.05, 3.63) is 17.9 Å². The fraction of sp³-hybridized carbons (Fsp3) is 0.200. The van der Waals surface area contributed by atoms with Crippen molar-refractivity contribution in [2.75, 3.05) is 5.73 Å². The molecule has 0 bridgehead atoms. The minimum Gasteiger partial charge on any atom is -0.367 e. The van der Waals surface area contributed by atoms with E-state index in [-0.39, 0.29) is 5.95 Å². The normalized spacial score (nSPS) is 9.70. The van der Waals surface area contributed by atoms with E-state index in [9.17, 15) is 0 Å². The van der Waals surface area contributed by atoms with E-state index in [4.69, 9.17) is 17.3 Å². The first-order chi connectivity index (χ1) is 4.68. The number of nitrogen functional groups attached to an aromatic ring is 1. The van der Waals surface area contributed by atoms with E-state index in [1.807, 2.05) is 0 Å². The van der Waals surface area contributed by atoms with E-state index in [1.165, 1.54) is 11.0 Å². The van der Waals surface area contributed by atoms with Crippen LogP contribution in [0.2, 0.25) is 0 Å². The van der Waals surface area contributed by atoms with E-state index in [2.05, 4.69) is 16.7 Å². The van der Waals surface area contributed by atoms with Gasteiger partial charge in [-0.1, -0.05) is 18.2 Å². The molecular weight excluding hydrogens is 152 g/mol. The largest absolute Gasteiger partial charge is 0.367 e. The number of allylic oxidation sites excluding steroid dienone is 1. The number of nitrogens with zero attached hydrogens (tertiary/aromatic N) is 3. The third kappa shape index (κ3) is 1.73. The van der Waals surface area contributed by atoms with Gasteiger partial charge in [-0.2, -0.15) is 0 Å². The summed E-state index contributed by atoms with van der Waals surface area (Å²) in [6.07, 6.45) is 1.50. The van der Waals surface area contributed by atoms with Crippen LogP contribution in [0.4, 0.5) is 5.95 Å². The van der Waals surface area contributed by atoms with Gasteiger partial charge in [0.15, 0.2) is 0 Å².